The normalized spacial score (nSPS) is 18.4. The van der Waals surface area contributed by atoms with Crippen LogP contribution in [0.25, 0.3) is 0 Å². The summed E-state index contributed by atoms with van der Waals surface area (Å²) in [7, 11) is 0. The summed E-state index contributed by atoms with van der Waals surface area (Å²) in [5.74, 6) is -0.270. The average molecular weight is 401 g/mol. The van der Waals surface area contributed by atoms with Crippen molar-refractivity contribution in [2.24, 2.45) is 11.1 Å². The smallest absolute Gasteiger partial charge is 0.252 e. The molecule has 1 spiro atoms. The van der Waals surface area contributed by atoms with Gasteiger partial charge in [0.2, 0.25) is 11.8 Å². The van der Waals surface area contributed by atoms with Crippen molar-refractivity contribution in [3.8, 4) is 0 Å². The van der Waals surface area contributed by atoms with Gasteiger partial charge >= 0.3 is 0 Å². The number of anilines is 2. The molecule has 0 bridgehead atoms. The van der Waals surface area contributed by atoms with Gasteiger partial charge in [-0.15, -0.1) is 0 Å². The van der Waals surface area contributed by atoms with E-state index in [4.69, 9.17) is 5.73 Å². The Labute approximate surface area is 172 Å². The predicted molar refractivity (Wildman–Crippen MR) is 113 cm³/mol. The number of likely N-dealkylation sites (tertiary alicyclic amines) is 1. The van der Waals surface area contributed by atoms with E-state index in [2.05, 4.69) is 26.1 Å². The molecule has 3 rings (SSSR count). The minimum absolute atomic E-state index is 0.0244. The summed E-state index contributed by atoms with van der Waals surface area (Å²) < 4.78 is 0. The van der Waals surface area contributed by atoms with Gasteiger partial charge in [-0.1, -0.05) is 32.9 Å². The second-order valence-corrected chi connectivity index (χ2v) is 9.38. The van der Waals surface area contributed by atoms with Crippen LogP contribution in [0.5, 0.6) is 0 Å². The molecule has 1 aromatic carbocycles. The monoisotopic (exact) mass is 400 g/mol. The lowest BCUT2D eigenvalue weighted by molar-refractivity contribution is -0.135. The van der Waals surface area contributed by atoms with E-state index in [0.29, 0.717) is 45.3 Å². The van der Waals surface area contributed by atoms with Gasteiger partial charge in [0.25, 0.3) is 5.91 Å². The molecule has 7 heteroatoms. The maximum Gasteiger partial charge on any atom is 0.252 e. The quantitative estimate of drug-likeness (QED) is 0.794. The maximum absolute atomic E-state index is 13.6. The van der Waals surface area contributed by atoms with E-state index in [9.17, 15) is 14.4 Å². The second-order valence-electron chi connectivity index (χ2n) is 9.38. The summed E-state index contributed by atoms with van der Waals surface area (Å²) in [6.45, 7) is 8.09. The Morgan fingerprint density at radius 3 is 2.41 bits per heavy atom. The van der Waals surface area contributed by atoms with Crippen LogP contribution in [0.3, 0.4) is 0 Å². The molecule has 0 aliphatic carbocycles. The molecule has 0 unspecified atom stereocenters. The molecule has 1 aromatic rings. The Bertz CT molecular complexity index is 791. The Morgan fingerprint density at radius 1 is 1.14 bits per heavy atom. The highest BCUT2D eigenvalue weighted by Gasteiger charge is 2.48. The number of rotatable bonds is 5. The lowest BCUT2D eigenvalue weighted by atomic mass is 9.82. The molecule has 3 N–H and O–H groups in total. The van der Waals surface area contributed by atoms with Gasteiger partial charge in [-0.3, -0.25) is 14.4 Å². The fourth-order valence-electron chi connectivity index (χ4n) is 4.17. The van der Waals surface area contributed by atoms with E-state index in [1.165, 1.54) is 0 Å². The Kier molecular flexibility index (Phi) is 5.87. The minimum atomic E-state index is -0.677. The van der Waals surface area contributed by atoms with Crippen LogP contribution in [0.4, 0.5) is 11.4 Å². The number of nitrogens with two attached hydrogens (primary N) is 1. The number of nitrogens with zero attached hydrogens (tertiary/aromatic N) is 2. The first-order valence-corrected chi connectivity index (χ1v) is 10.4. The summed E-state index contributed by atoms with van der Waals surface area (Å²) in [6, 6.07) is 7.92. The van der Waals surface area contributed by atoms with Gasteiger partial charge in [0.15, 0.2) is 0 Å². The number of piperidine rings is 1. The number of fused-ring (bicyclic) bond motifs is 1. The lowest BCUT2D eigenvalue weighted by Crippen LogP contribution is -2.63. The third-order valence-electron chi connectivity index (χ3n) is 5.64. The average Bonchev–Trinajstić information content (AvgIpc) is 2.65. The molecule has 158 valence electrons. The van der Waals surface area contributed by atoms with Crippen LogP contribution in [-0.2, 0) is 14.4 Å². The number of amides is 3. The summed E-state index contributed by atoms with van der Waals surface area (Å²) in [6.07, 6.45) is 2.16. The molecule has 2 aliphatic rings. The van der Waals surface area contributed by atoms with Gasteiger partial charge < -0.3 is 20.9 Å². The Hall–Kier alpha value is -2.57. The van der Waals surface area contributed by atoms with Crippen molar-refractivity contribution >= 4 is 29.1 Å². The first-order valence-electron chi connectivity index (χ1n) is 10.4. The summed E-state index contributed by atoms with van der Waals surface area (Å²) >= 11 is 0. The van der Waals surface area contributed by atoms with Gasteiger partial charge in [0, 0.05) is 32.5 Å². The van der Waals surface area contributed by atoms with Crippen LogP contribution in [-0.4, -0.2) is 47.8 Å². The van der Waals surface area contributed by atoms with Crippen molar-refractivity contribution in [1.82, 2.24) is 4.90 Å². The molecule has 1 fully saturated rings. The van der Waals surface area contributed by atoms with Crippen LogP contribution in [0, 0.1) is 5.41 Å². The number of carbonyl (C=O) groups is 3. The maximum atomic E-state index is 13.6. The fraction of sp³-hybridized carbons (Fsp3) is 0.591. The van der Waals surface area contributed by atoms with Gasteiger partial charge in [-0.25, -0.2) is 0 Å². The third kappa shape index (κ3) is 4.71. The van der Waals surface area contributed by atoms with Crippen molar-refractivity contribution in [3.63, 3.8) is 0 Å². The van der Waals surface area contributed by atoms with E-state index in [1.54, 1.807) is 4.90 Å². The van der Waals surface area contributed by atoms with Crippen LogP contribution >= 0.6 is 0 Å². The van der Waals surface area contributed by atoms with Crippen molar-refractivity contribution < 1.29 is 14.4 Å². The van der Waals surface area contributed by atoms with Crippen LogP contribution < -0.4 is 16.0 Å². The SMILES string of the molecule is CC(C)(C)CN1C(=O)C2(CCN(C(=O)CCCC(N)=O)CC2)Nc2ccccc21. The van der Waals surface area contributed by atoms with E-state index < -0.39 is 5.54 Å². The number of benzene rings is 1. The molecule has 2 aliphatic heterocycles. The number of carbonyl (C=O) groups excluding carboxylic acids is 3. The van der Waals surface area contributed by atoms with E-state index in [-0.39, 0.29) is 29.6 Å². The van der Waals surface area contributed by atoms with Crippen molar-refractivity contribution in [2.75, 3.05) is 29.9 Å². The Morgan fingerprint density at radius 2 is 1.79 bits per heavy atom. The molecular weight excluding hydrogens is 368 g/mol. The molecule has 0 atom stereocenters. The summed E-state index contributed by atoms with van der Waals surface area (Å²) in [5, 5.41) is 3.51. The zero-order valence-electron chi connectivity index (χ0n) is 17.7. The molecule has 0 aromatic heterocycles. The topological polar surface area (TPSA) is 95.7 Å². The predicted octanol–water partition coefficient (Wildman–Crippen LogP) is 2.51. The Balaban J connectivity index is 1.73. The highest BCUT2D eigenvalue weighted by atomic mass is 16.2. The second kappa shape index (κ2) is 8.05. The molecule has 3 amide bonds. The standard InChI is InChI=1S/C22H32N4O3/c1-21(2,3)15-26-17-8-5-4-7-16(17)24-22(20(26)29)11-13-25(14-12-22)19(28)10-6-9-18(23)27/h4-5,7-8,24H,6,9-15H2,1-3H3,(H2,23,27). The zero-order valence-corrected chi connectivity index (χ0v) is 17.7. The van der Waals surface area contributed by atoms with Gasteiger partial charge in [-0.05, 0) is 36.8 Å². The van der Waals surface area contributed by atoms with Gasteiger partial charge in [0.1, 0.15) is 5.54 Å². The van der Waals surface area contributed by atoms with Gasteiger partial charge in [-0.2, -0.15) is 0 Å². The van der Waals surface area contributed by atoms with Crippen molar-refractivity contribution in [1.29, 1.82) is 0 Å². The molecule has 2 heterocycles. The molecular formula is C22H32N4O3. The zero-order chi connectivity index (χ0) is 21.2. The molecule has 0 saturated carbocycles. The first-order chi connectivity index (χ1) is 13.6. The number of hydrogen-bond donors (Lipinski definition) is 2. The third-order valence-corrected chi connectivity index (χ3v) is 5.64. The fourth-order valence-corrected chi connectivity index (χ4v) is 4.17. The first kappa shape index (κ1) is 21.1. The highest BCUT2D eigenvalue weighted by molar-refractivity contribution is 6.08. The van der Waals surface area contributed by atoms with Crippen LogP contribution in [0.15, 0.2) is 24.3 Å². The molecule has 7 nitrogen and oxygen atoms in total. The molecule has 29 heavy (non-hydrogen) atoms. The largest absolute Gasteiger partial charge is 0.370 e. The van der Waals surface area contributed by atoms with Crippen LogP contribution in [0.2, 0.25) is 0 Å². The number of para-hydroxylation sites is 2. The number of nitrogens with one attached hydrogen (secondary N) is 1. The van der Waals surface area contributed by atoms with E-state index in [0.717, 1.165) is 11.4 Å². The van der Waals surface area contributed by atoms with E-state index in [1.807, 2.05) is 29.2 Å². The van der Waals surface area contributed by atoms with E-state index >= 15 is 0 Å². The molecule has 1 saturated heterocycles. The van der Waals surface area contributed by atoms with Crippen molar-refractivity contribution in [3.05, 3.63) is 24.3 Å². The lowest BCUT2D eigenvalue weighted by Gasteiger charge is -2.48. The van der Waals surface area contributed by atoms with Crippen LogP contribution in [0.1, 0.15) is 52.9 Å². The summed E-state index contributed by atoms with van der Waals surface area (Å²) in [5.41, 5.74) is 6.33. The van der Waals surface area contributed by atoms with Crippen molar-refractivity contribution in [2.45, 2.75) is 58.4 Å². The highest BCUT2D eigenvalue weighted by Crippen LogP contribution is 2.41. The molecule has 0 radical (unpaired) electrons. The minimum Gasteiger partial charge on any atom is -0.370 e. The number of hydrogen-bond acceptors (Lipinski definition) is 4. The summed E-state index contributed by atoms with van der Waals surface area (Å²) in [4.78, 5) is 40.6. The number of primary amides is 1. The van der Waals surface area contributed by atoms with Gasteiger partial charge in [0.05, 0.1) is 11.4 Å².